The van der Waals surface area contributed by atoms with Gasteiger partial charge in [-0.3, -0.25) is 4.90 Å². The Morgan fingerprint density at radius 2 is 1.52 bits per heavy atom. The van der Waals surface area contributed by atoms with Crippen molar-refractivity contribution in [2.75, 3.05) is 13.1 Å². The summed E-state index contributed by atoms with van der Waals surface area (Å²) in [7, 11) is 0. The number of nitrogens with one attached hydrogen (secondary N) is 1. The number of amides is 1. The van der Waals surface area contributed by atoms with Gasteiger partial charge in [0.15, 0.2) is 0 Å². The molecule has 6 heteroatoms. The topological polar surface area (TPSA) is 78.9 Å². The van der Waals surface area contributed by atoms with E-state index in [1.807, 2.05) is 48.5 Å². The van der Waals surface area contributed by atoms with Gasteiger partial charge in [0.25, 0.3) is 0 Å². The van der Waals surface area contributed by atoms with E-state index in [0.717, 1.165) is 24.9 Å². The molecule has 2 fully saturated rings. The van der Waals surface area contributed by atoms with Gasteiger partial charge >= 0.3 is 12.1 Å². The third-order valence-corrected chi connectivity index (χ3v) is 6.23. The predicted molar refractivity (Wildman–Crippen MR) is 108 cm³/mol. The highest BCUT2D eigenvalue weighted by atomic mass is 16.5. The summed E-state index contributed by atoms with van der Waals surface area (Å²) in [6, 6.07) is 19.6. The molecule has 1 heterocycles. The maximum absolute atomic E-state index is 12.5. The fourth-order valence-corrected chi connectivity index (χ4v) is 4.87. The summed E-state index contributed by atoms with van der Waals surface area (Å²) < 4.78 is 5.33. The average Bonchev–Trinajstić information content (AvgIpc) is 2.92. The number of hydrogen-bond acceptors (Lipinski definition) is 4. The second-order valence-electron chi connectivity index (χ2n) is 8.01. The zero-order valence-electron chi connectivity index (χ0n) is 16.3. The van der Waals surface area contributed by atoms with Crippen LogP contribution in [0.15, 0.2) is 60.7 Å². The Labute approximate surface area is 170 Å². The van der Waals surface area contributed by atoms with E-state index in [-0.39, 0.29) is 18.4 Å². The molecule has 4 rings (SSSR count). The molecule has 0 spiro atoms. The summed E-state index contributed by atoms with van der Waals surface area (Å²) in [5.74, 6) is -1.22. The molecule has 2 bridgehead atoms. The highest BCUT2D eigenvalue weighted by Crippen LogP contribution is 2.45. The van der Waals surface area contributed by atoms with Gasteiger partial charge in [-0.05, 0) is 24.0 Å². The number of carbonyl (C=O) groups is 2. The van der Waals surface area contributed by atoms with Gasteiger partial charge in [-0.25, -0.2) is 9.59 Å². The van der Waals surface area contributed by atoms with Crippen LogP contribution in [-0.2, 0) is 22.7 Å². The van der Waals surface area contributed by atoms with Gasteiger partial charge in [0.2, 0.25) is 0 Å². The molecule has 2 unspecified atom stereocenters. The number of alkyl carbamates (subject to hydrolysis) is 1. The van der Waals surface area contributed by atoms with Crippen LogP contribution in [0.4, 0.5) is 4.79 Å². The minimum atomic E-state index is -1.25. The zero-order valence-corrected chi connectivity index (χ0v) is 16.3. The van der Waals surface area contributed by atoms with E-state index in [1.165, 1.54) is 5.56 Å². The third kappa shape index (κ3) is 3.98. The summed E-state index contributed by atoms with van der Waals surface area (Å²) >= 11 is 0. The van der Waals surface area contributed by atoms with Crippen LogP contribution in [0.3, 0.4) is 0 Å². The van der Waals surface area contributed by atoms with Gasteiger partial charge in [0.1, 0.15) is 12.1 Å². The molecule has 1 aliphatic carbocycles. The first kappa shape index (κ1) is 19.5. The molecule has 0 aromatic heterocycles. The highest BCUT2D eigenvalue weighted by Gasteiger charge is 2.60. The van der Waals surface area contributed by atoms with E-state index >= 15 is 0 Å². The number of aliphatic carboxylic acids is 1. The molecule has 1 saturated carbocycles. The number of likely N-dealkylation sites (tertiary alicyclic amines) is 1. The zero-order chi connectivity index (χ0) is 20.3. The molecular formula is C23H26N2O4. The fraction of sp³-hybridized carbons (Fsp3) is 0.391. The van der Waals surface area contributed by atoms with Crippen LogP contribution in [0.25, 0.3) is 0 Å². The van der Waals surface area contributed by atoms with Gasteiger partial charge in [0, 0.05) is 31.5 Å². The molecule has 6 nitrogen and oxygen atoms in total. The van der Waals surface area contributed by atoms with E-state index in [2.05, 4.69) is 22.3 Å². The molecule has 2 atom stereocenters. The number of carboxylic acids is 1. The third-order valence-electron chi connectivity index (χ3n) is 6.23. The van der Waals surface area contributed by atoms with Crippen molar-refractivity contribution in [3.8, 4) is 0 Å². The molecule has 152 valence electrons. The van der Waals surface area contributed by atoms with Crippen molar-refractivity contribution in [3.05, 3.63) is 71.8 Å². The molecule has 0 radical (unpaired) electrons. The van der Waals surface area contributed by atoms with Crippen LogP contribution in [0.2, 0.25) is 0 Å². The minimum Gasteiger partial charge on any atom is -0.479 e. The molecule has 1 amide bonds. The van der Waals surface area contributed by atoms with Gasteiger partial charge in [0.05, 0.1) is 0 Å². The standard InChI is InChI=1S/C23H26N2O4/c26-21(27)23(24-22(28)29-16-18-9-5-2-6-10-18)19-11-12-20(23)15-25(14-19)13-17-7-3-1-4-8-17/h1-10,19-20H,11-16H2,(H,24,28)(H,26,27). The number of carboxylic acid groups (broad SMARTS) is 1. The second kappa shape index (κ2) is 8.25. The van der Waals surface area contributed by atoms with Crippen LogP contribution in [0.1, 0.15) is 24.0 Å². The Morgan fingerprint density at radius 3 is 2.07 bits per heavy atom. The summed E-state index contributed by atoms with van der Waals surface area (Å²) in [4.78, 5) is 27.1. The minimum absolute atomic E-state index is 0.123. The van der Waals surface area contributed by atoms with E-state index in [9.17, 15) is 14.7 Å². The SMILES string of the molecule is O=C(NC1(C(=O)O)C2CCC1CN(Cc1ccccc1)C2)OCc1ccccc1. The molecular weight excluding hydrogens is 368 g/mol. The van der Waals surface area contributed by atoms with Crippen LogP contribution < -0.4 is 5.32 Å². The van der Waals surface area contributed by atoms with Gasteiger partial charge in [-0.2, -0.15) is 0 Å². The normalized spacial score (nSPS) is 26.1. The fourth-order valence-electron chi connectivity index (χ4n) is 4.87. The van der Waals surface area contributed by atoms with E-state index in [4.69, 9.17) is 4.74 Å². The molecule has 2 aromatic rings. The first-order valence-electron chi connectivity index (χ1n) is 10.1. The maximum Gasteiger partial charge on any atom is 0.408 e. The van der Waals surface area contributed by atoms with Crippen molar-refractivity contribution >= 4 is 12.1 Å². The number of nitrogens with zero attached hydrogens (tertiary/aromatic N) is 1. The lowest BCUT2D eigenvalue weighted by molar-refractivity contribution is -0.151. The van der Waals surface area contributed by atoms with Gasteiger partial charge in [-0.15, -0.1) is 0 Å². The van der Waals surface area contributed by atoms with Crippen molar-refractivity contribution < 1.29 is 19.4 Å². The quantitative estimate of drug-likeness (QED) is 0.786. The molecule has 1 aliphatic heterocycles. The summed E-state index contributed by atoms with van der Waals surface area (Å²) in [6.07, 6.45) is 0.923. The van der Waals surface area contributed by atoms with Crippen LogP contribution >= 0.6 is 0 Å². The smallest absolute Gasteiger partial charge is 0.408 e. The van der Waals surface area contributed by atoms with Gasteiger partial charge < -0.3 is 15.2 Å². The summed E-state index contributed by atoms with van der Waals surface area (Å²) in [6.45, 7) is 2.22. The Kier molecular flexibility index (Phi) is 5.53. The number of fused-ring (bicyclic) bond motifs is 2. The van der Waals surface area contributed by atoms with Crippen LogP contribution in [0.5, 0.6) is 0 Å². The lowest BCUT2D eigenvalue weighted by atomic mass is 9.76. The van der Waals surface area contributed by atoms with E-state index in [1.54, 1.807) is 0 Å². The van der Waals surface area contributed by atoms with Crippen molar-refractivity contribution in [3.63, 3.8) is 0 Å². The van der Waals surface area contributed by atoms with E-state index < -0.39 is 17.6 Å². The molecule has 2 N–H and O–H groups in total. The average molecular weight is 394 g/mol. The lowest BCUT2D eigenvalue weighted by Gasteiger charge is -2.45. The number of carbonyl (C=O) groups excluding carboxylic acids is 1. The van der Waals surface area contributed by atoms with Gasteiger partial charge in [-0.1, -0.05) is 60.7 Å². The first-order chi connectivity index (χ1) is 14.1. The second-order valence-corrected chi connectivity index (χ2v) is 8.01. The molecule has 2 aromatic carbocycles. The van der Waals surface area contributed by atoms with Crippen LogP contribution in [-0.4, -0.2) is 40.7 Å². The number of hydrogen-bond donors (Lipinski definition) is 2. The number of piperidine rings is 1. The Balaban J connectivity index is 1.43. The largest absolute Gasteiger partial charge is 0.479 e. The van der Waals surface area contributed by atoms with Crippen molar-refractivity contribution in [2.45, 2.75) is 31.5 Å². The molecule has 29 heavy (non-hydrogen) atoms. The Hall–Kier alpha value is -2.86. The molecule has 2 aliphatic rings. The number of benzene rings is 2. The Morgan fingerprint density at radius 1 is 0.966 bits per heavy atom. The number of rotatable bonds is 6. The lowest BCUT2D eigenvalue weighted by Crippen LogP contribution is -2.67. The monoisotopic (exact) mass is 394 g/mol. The first-order valence-corrected chi connectivity index (χ1v) is 10.1. The summed E-state index contributed by atoms with van der Waals surface area (Å²) in [5.41, 5.74) is 0.832. The van der Waals surface area contributed by atoms with Crippen LogP contribution in [0, 0.1) is 11.8 Å². The number of ether oxygens (including phenoxy) is 1. The highest BCUT2D eigenvalue weighted by molar-refractivity contribution is 5.86. The van der Waals surface area contributed by atoms with Crippen molar-refractivity contribution in [1.82, 2.24) is 10.2 Å². The maximum atomic E-state index is 12.5. The van der Waals surface area contributed by atoms with Crippen molar-refractivity contribution in [1.29, 1.82) is 0 Å². The predicted octanol–water partition coefficient (Wildman–Crippen LogP) is 3.28. The van der Waals surface area contributed by atoms with Crippen molar-refractivity contribution in [2.24, 2.45) is 11.8 Å². The Bertz CT molecular complexity index is 842. The van der Waals surface area contributed by atoms with E-state index in [0.29, 0.717) is 13.1 Å². The molecule has 1 saturated heterocycles. The summed E-state index contributed by atoms with van der Waals surface area (Å²) in [5, 5.41) is 12.9.